The molecule has 4 rings (SSSR count). The molecule has 2 aromatic rings. The number of sulfonamides is 1. The second-order valence-electron chi connectivity index (χ2n) is 8.05. The Morgan fingerprint density at radius 2 is 1.65 bits per heavy atom. The standard InChI is InChI=1S/C19H14F7N3O.C2H6.CH5NO2S/c20-8-18(6-15(28-30-18)29-2-1-19(25,26)9-29)17-12(3-11(22)7-27-17)16-13(23)4-10(21)5-14(16)24;1-2;1-5(2,3)4/h3-5,7H,1-2,6,8-9H2;1-2H3;1H3,(H2,2,3,4). The van der Waals surface area contributed by atoms with Gasteiger partial charge >= 0.3 is 0 Å². The largest absolute Gasteiger partial charge is 0.378 e. The van der Waals surface area contributed by atoms with E-state index in [1.165, 1.54) is 4.90 Å². The minimum atomic E-state index is -3.17. The van der Waals surface area contributed by atoms with E-state index in [-0.39, 0.29) is 24.5 Å². The summed E-state index contributed by atoms with van der Waals surface area (Å²) in [5.74, 6) is -7.81. The molecule has 15 heteroatoms. The summed E-state index contributed by atoms with van der Waals surface area (Å²) in [6, 6.07) is 1.49. The molecule has 2 aliphatic heterocycles. The van der Waals surface area contributed by atoms with Crippen LogP contribution < -0.4 is 5.14 Å². The van der Waals surface area contributed by atoms with Crippen molar-refractivity contribution in [2.24, 2.45) is 10.3 Å². The number of nitrogens with zero attached hydrogens (tertiary/aromatic N) is 3. The van der Waals surface area contributed by atoms with Gasteiger partial charge in [0, 0.05) is 30.7 Å². The minimum Gasteiger partial charge on any atom is -0.378 e. The van der Waals surface area contributed by atoms with Gasteiger partial charge in [-0.1, -0.05) is 19.0 Å². The van der Waals surface area contributed by atoms with Crippen molar-refractivity contribution in [3.8, 4) is 11.1 Å². The number of alkyl halides is 3. The first-order valence-electron chi connectivity index (χ1n) is 10.9. The molecule has 1 fully saturated rings. The van der Waals surface area contributed by atoms with E-state index in [2.05, 4.69) is 15.3 Å². The van der Waals surface area contributed by atoms with Gasteiger partial charge in [-0.05, 0) is 6.07 Å². The average molecular weight is 559 g/mol. The molecule has 3 heterocycles. The summed E-state index contributed by atoms with van der Waals surface area (Å²) in [4.78, 5) is 10.2. The summed E-state index contributed by atoms with van der Waals surface area (Å²) < 4.78 is 116. The maximum atomic E-state index is 14.3. The van der Waals surface area contributed by atoms with Gasteiger partial charge in [-0.3, -0.25) is 4.98 Å². The van der Waals surface area contributed by atoms with Crippen LogP contribution in [0, 0.1) is 23.3 Å². The molecular formula is C22H25F7N4O3S. The van der Waals surface area contributed by atoms with E-state index in [4.69, 9.17) is 4.84 Å². The van der Waals surface area contributed by atoms with Crippen molar-refractivity contribution < 1.29 is 44.0 Å². The summed E-state index contributed by atoms with van der Waals surface area (Å²) in [6.07, 6.45) is 0.851. The van der Waals surface area contributed by atoms with Crippen LogP contribution in [0.2, 0.25) is 0 Å². The lowest BCUT2D eigenvalue weighted by Gasteiger charge is -2.26. The second-order valence-corrected chi connectivity index (χ2v) is 9.71. The smallest absolute Gasteiger partial charge is 0.266 e. The summed E-state index contributed by atoms with van der Waals surface area (Å²) >= 11 is 0. The molecule has 1 unspecified atom stereocenters. The number of halogens is 7. The lowest BCUT2D eigenvalue weighted by Crippen LogP contribution is -2.36. The third kappa shape index (κ3) is 7.53. The highest BCUT2D eigenvalue weighted by Gasteiger charge is 2.49. The van der Waals surface area contributed by atoms with Crippen LogP contribution in [0.15, 0.2) is 29.6 Å². The SMILES string of the molecule is CC.CS(N)(=O)=O.FCC1(c2ncc(F)cc2-c2c(F)cc(F)cc2F)CC(N2CCC(F)(F)C2)=NO1. The monoisotopic (exact) mass is 558 g/mol. The molecule has 0 radical (unpaired) electrons. The highest BCUT2D eigenvalue weighted by molar-refractivity contribution is 7.88. The fraction of sp³-hybridized carbons (Fsp3) is 0.455. The van der Waals surface area contributed by atoms with Crippen molar-refractivity contribution in [1.82, 2.24) is 9.88 Å². The van der Waals surface area contributed by atoms with Gasteiger partial charge < -0.3 is 9.74 Å². The molecule has 0 bridgehead atoms. The molecule has 1 saturated heterocycles. The predicted molar refractivity (Wildman–Crippen MR) is 122 cm³/mol. The summed E-state index contributed by atoms with van der Waals surface area (Å²) in [5, 5.41) is 8.01. The van der Waals surface area contributed by atoms with Crippen molar-refractivity contribution >= 4 is 15.9 Å². The first-order valence-corrected chi connectivity index (χ1v) is 12.8. The maximum Gasteiger partial charge on any atom is 0.266 e. The topological polar surface area (TPSA) is 97.9 Å². The number of primary sulfonamides is 1. The Hall–Kier alpha value is -2.94. The summed E-state index contributed by atoms with van der Waals surface area (Å²) in [7, 11) is -3.17. The highest BCUT2D eigenvalue weighted by Crippen LogP contribution is 2.42. The fourth-order valence-corrected chi connectivity index (χ4v) is 3.64. The number of hydrogen-bond acceptors (Lipinski definition) is 6. The fourth-order valence-electron chi connectivity index (χ4n) is 3.64. The first kappa shape index (κ1) is 30.3. The van der Waals surface area contributed by atoms with Gasteiger partial charge in [0.05, 0.1) is 36.7 Å². The Labute approximate surface area is 209 Å². The van der Waals surface area contributed by atoms with Crippen molar-refractivity contribution in [2.45, 2.75) is 38.2 Å². The van der Waals surface area contributed by atoms with Crippen LogP contribution in [0.3, 0.4) is 0 Å². The molecule has 206 valence electrons. The van der Waals surface area contributed by atoms with E-state index < -0.39 is 75.6 Å². The number of oxime groups is 1. The Morgan fingerprint density at radius 1 is 1.08 bits per heavy atom. The summed E-state index contributed by atoms with van der Waals surface area (Å²) in [6.45, 7) is 2.03. The number of pyridine rings is 1. The van der Waals surface area contributed by atoms with Gasteiger partial charge in [-0.15, -0.1) is 0 Å². The number of likely N-dealkylation sites (tertiary alicyclic amines) is 1. The molecule has 0 aliphatic carbocycles. The van der Waals surface area contributed by atoms with Crippen molar-refractivity contribution in [1.29, 1.82) is 0 Å². The molecule has 1 atom stereocenters. The third-order valence-corrected chi connectivity index (χ3v) is 5.08. The van der Waals surface area contributed by atoms with Gasteiger partial charge in [0.25, 0.3) is 5.92 Å². The van der Waals surface area contributed by atoms with Crippen molar-refractivity contribution in [3.05, 3.63) is 53.4 Å². The van der Waals surface area contributed by atoms with Crippen LogP contribution in [0.4, 0.5) is 30.7 Å². The maximum absolute atomic E-state index is 14.3. The number of hydrogen-bond donors (Lipinski definition) is 1. The molecule has 0 spiro atoms. The Kier molecular flexibility index (Phi) is 9.52. The lowest BCUT2D eigenvalue weighted by molar-refractivity contribution is -0.0435. The van der Waals surface area contributed by atoms with E-state index in [1.54, 1.807) is 0 Å². The number of benzene rings is 1. The highest BCUT2D eigenvalue weighted by atomic mass is 32.2. The molecule has 2 N–H and O–H groups in total. The molecule has 1 aromatic heterocycles. The third-order valence-electron chi connectivity index (χ3n) is 5.08. The average Bonchev–Trinajstić information content (AvgIpc) is 3.37. The van der Waals surface area contributed by atoms with Crippen LogP contribution in [-0.4, -0.2) is 56.1 Å². The zero-order chi connectivity index (χ0) is 28.2. The quantitative estimate of drug-likeness (QED) is 0.561. The normalized spacial score (nSPS) is 20.3. The lowest BCUT2D eigenvalue weighted by atomic mass is 9.89. The molecule has 1 aromatic carbocycles. The molecule has 37 heavy (non-hydrogen) atoms. The second kappa shape index (κ2) is 11.6. The molecule has 7 nitrogen and oxygen atoms in total. The number of rotatable bonds is 3. The van der Waals surface area contributed by atoms with Crippen LogP contribution in [0.25, 0.3) is 11.1 Å². The zero-order valence-corrected chi connectivity index (χ0v) is 20.9. The van der Waals surface area contributed by atoms with E-state index in [0.717, 1.165) is 6.26 Å². The van der Waals surface area contributed by atoms with Crippen LogP contribution in [0.5, 0.6) is 0 Å². The van der Waals surface area contributed by atoms with Crippen molar-refractivity contribution in [3.63, 3.8) is 0 Å². The van der Waals surface area contributed by atoms with E-state index in [9.17, 15) is 39.2 Å². The van der Waals surface area contributed by atoms with Gasteiger partial charge in [0.1, 0.15) is 35.8 Å². The molecule has 0 saturated carbocycles. The van der Waals surface area contributed by atoms with Crippen molar-refractivity contribution in [2.75, 3.05) is 26.0 Å². The Bertz CT molecular complexity index is 1230. The van der Waals surface area contributed by atoms with Gasteiger partial charge in [-0.2, -0.15) is 0 Å². The van der Waals surface area contributed by atoms with E-state index in [1.807, 2.05) is 13.8 Å². The Balaban J connectivity index is 0.000000617. The van der Waals surface area contributed by atoms with E-state index >= 15 is 0 Å². The minimum absolute atomic E-state index is 0.0157. The number of amidine groups is 1. The van der Waals surface area contributed by atoms with Gasteiger partial charge in [0.15, 0.2) is 0 Å². The van der Waals surface area contributed by atoms with Crippen LogP contribution in [-0.2, 0) is 20.5 Å². The van der Waals surface area contributed by atoms with Gasteiger partial charge in [0.2, 0.25) is 15.6 Å². The number of aromatic nitrogens is 1. The molecular weight excluding hydrogens is 533 g/mol. The van der Waals surface area contributed by atoms with Gasteiger partial charge in [-0.25, -0.2) is 44.3 Å². The summed E-state index contributed by atoms with van der Waals surface area (Å²) in [5.41, 5.74) is -3.72. The molecule has 0 amide bonds. The number of nitrogens with two attached hydrogens (primary N) is 1. The zero-order valence-electron chi connectivity index (χ0n) is 20.0. The molecule has 2 aliphatic rings. The van der Waals surface area contributed by atoms with Crippen LogP contribution >= 0.6 is 0 Å². The van der Waals surface area contributed by atoms with Crippen LogP contribution in [0.1, 0.15) is 32.4 Å². The first-order chi connectivity index (χ1) is 17.1. The van der Waals surface area contributed by atoms with E-state index in [0.29, 0.717) is 24.4 Å². The Morgan fingerprint density at radius 3 is 2.14 bits per heavy atom. The predicted octanol–water partition coefficient (Wildman–Crippen LogP) is 4.48.